The van der Waals surface area contributed by atoms with E-state index in [1.165, 1.54) is 0 Å². The van der Waals surface area contributed by atoms with Gasteiger partial charge in [-0.3, -0.25) is 4.79 Å². The van der Waals surface area contributed by atoms with Crippen LogP contribution >= 0.6 is 0 Å². The first-order valence-corrected chi connectivity index (χ1v) is 10.6. The Balaban J connectivity index is 2.09. The molecular weight excluding hydrogens is 326 g/mol. The molecule has 1 fully saturated rings. The molecule has 0 aromatic heterocycles. The van der Waals surface area contributed by atoms with Crippen molar-refractivity contribution in [2.24, 2.45) is 0 Å². The first-order chi connectivity index (χ1) is 13.1. The summed E-state index contributed by atoms with van der Waals surface area (Å²) in [5.74, 6) is -0.372. The Hall–Kier alpha value is -1.91. The molecule has 0 unspecified atom stereocenters. The molecule has 2 aromatic carbocycles. The minimum atomic E-state index is -2.80. The molecule has 132 valence electrons. The molecule has 3 nitrogen and oxygen atoms in total. The fraction of sp³-hybridized carbons (Fsp3) is 0.381. The number of hydrogen-bond acceptors (Lipinski definition) is 2. The molecule has 1 aliphatic rings. The van der Waals surface area contributed by atoms with Gasteiger partial charge in [0.05, 0.1) is 12.5 Å². The van der Waals surface area contributed by atoms with Gasteiger partial charge >= 0.3 is 0 Å². The molecule has 1 heterocycles. The van der Waals surface area contributed by atoms with Crippen LogP contribution in [0.25, 0.3) is 0 Å². The molecule has 1 saturated heterocycles. The Kier molecular flexibility index (Phi) is 3.87. The fourth-order valence-corrected chi connectivity index (χ4v) is 8.37. The quantitative estimate of drug-likeness (QED) is 0.789. The van der Waals surface area contributed by atoms with Gasteiger partial charge in [-0.25, -0.2) is 0 Å². The number of carbonyl (C=O) groups is 1. The Morgan fingerprint density at radius 2 is 1.56 bits per heavy atom. The minimum absolute atomic E-state index is 0.0971. The maximum absolute atomic E-state index is 12.3. The summed E-state index contributed by atoms with van der Waals surface area (Å²) in [6, 6.07) is 20.3. The SMILES string of the molecule is [2H]C([2H])([2H])N1C[C@@H](O[Si](c2ccccc2)(c2ccccc2)C(C)(C)C)CC1=O. The van der Waals surface area contributed by atoms with Crippen molar-refractivity contribution in [3.63, 3.8) is 0 Å². The van der Waals surface area contributed by atoms with E-state index in [4.69, 9.17) is 8.54 Å². The van der Waals surface area contributed by atoms with Crippen molar-refractivity contribution in [1.82, 2.24) is 4.90 Å². The molecule has 0 saturated carbocycles. The summed E-state index contributed by atoms with van der Waals surface area (Å²) < 4.78 is 29.7. The summed E-state index contributed by atoms with van der Waals surface area (Å²) in [5.41, 5.74) is 0. The third-order valence-electron chi connectivity index (χ3n) is 4.85. The average Bonchev–Trinajstić information content (AvgIpc) is 3.01. The van der Waals surface area contributed by atoms with Crippen LogP contribution in [0.5, 0.6) is 0 Å². The Morgan fingerprint density at radius 1 is 1.04 bits per heavy atom. The number of carbonyl (C=O) groups excluding carboxylic acids is 1. The van der Waals surface area contributed by atoms with Crippen molar-refractivity contribution in [3.05, 3.63) is 60.7 Å². The number of nitrogens with zero attached hydrogens (tertiary/aromatic N) is 1. The molecule has 1 aliphatic heterocycles. The lowest BCUT2D eigenvalue weighted by atomic mass is 10.2. The van der Waals surface area contributed by atoms with Gasteiger partial charge in [-0.2, -0.15) is 0 Å². The Morgan fingerprint density at radius 3 is 1.96 bits per heavy atom. The molecule has 1 amide bonds. The van der Waals surface area contributed by atoms with Crippen LogP contribution in [-0.4, -0.2) is 38.7 Å². The predicted molar refractivity (Wildman–Crippen MR) is 105 cm³/mol. The Labute approximate surface area is 156 Å². The summed E-state index contributed by atoms with van der Waals surface area (Å²) in [4.78, 5) is 13.3. The molecule has 0 N–H and O–H groups in total. The van der Waals surface area contributed by atoms with Crippen LogP contribution < -0.4 is 10.4 Å². The molecule has 0 bridgehead atoms. The van der Waals surface area contributed by atoms with Crippen molar-refractivity contribution in [1.29, 1.82) is 0 Å². The lowest BCUT2D eigenvalue weighted by Gasteiger charge is -2.44. The molecule has 0 spiro atoms. The zero-order valence-corrected chi connectivity index (χ0v) is 16.0. The van der Waals surface area contributed by atoms with Crippen molar-refractivity contribution < 1.29 is 13.3 Å². The minimum Gasteiger partial charge on any atom is -0.402 e. The van der Waals surface area contributed by atoms with E-state index in [1.54, 1.807) is 0 Å². The van der Waals surface area contributed by atoms with E-state index in [-0.39, 0.29) is 23.9 Å². The van der Waals surface area contributed by atoms with Gasteiger partial charge < -0.3 is 9.33 Å². The van der Waals surface area contributed by atoms with Crippen LogP contribution in [0.3, 0.4) is 0 Å². The number of rotatable bonds is 4. The average molecular weight is 357 g/mol. The molecule has 3 rings (SSSR count). The normalized spacial score (nSPS) is 20.9. The molecular formula is C21H27NO2Si. The first-order valence-electron chi connectivity index (χ1n) is 10.1. The van der Waals surface area contributed by atoms with E-state index in [0.29, 0.717) is 0 Å². The van der Waals surface area contributed by atoms with E-state index in [9.17, 15) is 4.79 Å². The standard InChI is InChI=1S/C21H27NO2Si/c1-21(2,3)25(18-11-7-5-8-12-18,19-13-9-6-10-14-19)24-17-15-20(23)22(4)16-17/h5-14,17H,15-16H2,1-4H3/t17-/m0/s1/i4D3. The van der Waals surface area contributed by atoms with Crippen LogP contribution in [-0.2, 0) is 9.22 Å². The Bertz CT molecular complexity index is 780. The second kappa shape index (κ2) is 6.77. The summed E-state index contributed by atoms with van der Waals surface area (Å²) in [7, 11) is -2.80. The van der Waals surface area contributed by atoms with Crippen LogP contribution in [0, 0.1) is 0 Å². The summed E-state index contributed by atoms with van der Waals surface area (Å²) >= 11 is 0. The second-order valence-corrected chi connectivity index (χ2v) is 11.9. The maximum atomic E-state index is 12.3. The van der Waals surface area contributed by atoms with Gasteiger partial charge in [0.15, 0.2) is 0 Å². The summed E-state index contributed by atoms with van der Waals surface area (Å²) in [6.45, 7) is 4.16. The van der Waals surface area contributed by atoms with E-state index in [2.05, 4.69) is 45.0 Å². The largest absolute Gasteiger partial charge is 0.402 e. The third-order valence-corrected chi connectivity index (χ3v) is 9.94. The van der Waals surface area contributed by atoms with E-state index >= 15 is 0 Å². The molecule has 2 aromatic rings. The van der Waals surface area contributed by atoms with Crippen molar-refractivity contribution in [2.45, 2.75) is 38.3 Å². The zero-order valence-electron chi connectivity index (χ0n) is 18.0. The number of benzene rings is 2. The second-order valence-electron chi connectivity index (χ2n) is 7.61. The number of likely N-dealkylation sites (N-methyl/N-ethyl adjacent to an activating group) is 1. The highest BCUT2D eigenvalue weighted by molar-refractivity contribution is 6.99. The monoisotopic (exact) mass is 356 g/mol. The van der Waals surface area contributed by atoms with E-state index in [0.717, 1.165) is 15.3 Å². The summed E-state index contributed by atoms with van der Waals surface area (Å²) in [5, 5.41) is 2.02. The van der Waals surface area contributed by atoms with Gasteiger partial charge in [0.25, 0.3) is 8.32 Å². The highest BCUT2D eigenvalue weighted by Crippen LogP contribution is 2.38. The van der Waals surface area contributed by atoms with Crippen LogP contribution in [0.2, 0.25) is 5.04 Å². The lowest BCUT2D eigenvalue weighted by Crippen LogP contribution is -2.67. The number of likely N-dealkylation sites (tertiary alicyclic amines) is 1. The molecule has 4 heteroatoms. The number of amides is 1. The van der Waals surface area contributed by atoms with Crippen molar-refractivity contribution in [3.8, 4) is 0 Å². The highest BCUT2D eigenvalue weighted by atomic mass is 28.4. The maximum Gasteiger partial charge on any atom is 0.261 e. The molecule has 0 aliphatic carbocycles. The smallest absolute Gasteiger partial charge is 0.261 e. The van der Waals surface area contributed by atoms with Gasteiger partial charge in [0.1, 0.15) is 0 Å². The van der Waals surface area contributed by atoms with Gasteiger partial charge in [0, 0.05) is 17.6 Å². The van der Waals surface area contributed by atoms with Crippen molar-refractivity contribution >= 4 is 24.6 Å². The zero-order chi connectivity index (χ0) is 20.6. The van der Waals surface area contributed by atoms with Gasteiger partial charge in [-0.15, -0.1) is 0 Å². The molecule has 25 heavy (non-hydrogen) atoms. The van der Waals surface area contributed by atoms with Crippen LogP contribution in [0.4, 0.5) is 0 Å². The van der Waals surface area contributed by atoms with Crippen molar-refractivity contribution in [2.75, 3.05) is 13.5 Å². The van der Waals surface area contributed by atoms with Crippen LogP contribution in [0.15, 0.2) is 60.7 Å². The van der Waals surface area contributed by atoms with Gasteiger partial charge in [0.2, 0.25) is 5.91 Å². The first kappa shape index (κ1) is 14.3. The predicted octanol–water partition coefficient (Wildman–Crippen LogP) is 2.79. The lowest BCUT2D eigenvalue weighted by molar-refractivity contribution is -0.126. The molecule has 1 atom stereocenters. The van der Waals surface area contributed by atoms with Gasteiger partial charge in [-0.1, -0.05) is 81.4 Å². The van der Waals surface area contributed by atoms with Crippen LogP contribution in [0.1, 0.15) is 31.3 Å². The van der Waals surface area contributed by atoms with E-state index < -0.39 is 21.4 Å². The van der Waals surface area contributed by atoms with Gasteiger partial charge in [-0.05, 0) is 15.4 Å². The van der Waals surface area contributed by atoms with E-state index in [1.807, 2.05) is 36.4 Å². The number of hydrogen-bond donors (Lipinski definition) is 0. The third kappa shape index (κ3) is 3.28. The highest BCUT2D eigenvalue weighted by Gasteiger charge is 2.52. The molecule has 0 radical (unpaired) electrons. The fourth-order valence-electron chi connectivity index (χ4n) is 3.70. The topological polar surface area (TPSA) is 29.5 Å². The summed E-state index contributed by atoms with van der Waals surface area (Å²) in [6.07, 6.45) is -0.345.